The first-order valence-corrected chi connectivity index (χ1v) is 11.6. The van der Waals surface area contributed by atoms with Crippen molar-refractivity contribution in [2.24, 2.45) is 17.3 Å². The van der Waals surface area contributed by atoms with Crippen LogP contribution in [0.4, 0.5) is 0 Å². The number of aromatic hydroxyl groups is 1. The Kier molecular flexibility index (Phi) is 5.49. The van der Waals surface area contributed by atoms with Crippen LogP contribution >= 0.6 is 0 Å². The number of benzene rings is 1. The number of hydrogen-bond donors (Lipinski definition) is 5. The van der Waals surface area contributed by atoms with Crippen molar-refractivity contribution in [3.8, 4) is 5.75 Å². The van der Waals surface area contributed by atoms with Gasteiger partial charge in [-0.25, -0.2) is 4.79 Å². The number of aliphatic carboxylic acids is 1. The summed E-state index contributed by atoms with van der Waals surface area (Å²) in [6.45, 7) is 2.22. The molecule has 0 radical (unpaired) electrons. The molecular formula is C24H32O8. The van der Waals surface area contributed by atoms with Crippen molar-refractivity contribution in [1.82, 2.24) is 0 Å². The maximum Gasteiger partial charge on any atom is 0.335 e. The number of fused-ring (bicyclic) bond motifs is 5. The first-order valence-electron chi connectivity index (χ1n) is 11.6. The van der Waals surface area contributed by atoms with Crippen molar-refractivity contribution in [3.05, 3.63) is 29.3 Å². The van der Waals surface area contributed by atoms with Crippen molar-refractivity contribution in [3.63, 3.8) is 0 Å². The molecule has 1 aromatic rings. The Morgan fingerprint density at radius 3 is 2.62 bits per heavy atom. The summed E-state index contributed by atoms with van der Waals surface area (Å²) in [5, 5.41) is 49.6. The number of carbonyl (C=O) groups is 1. The Morgan fingerprint density at radius 1 is 1.09 bits per heavy atom. The summed E-state index contributed by atoms with van der Waals surface area (Å²) >= 11 is 0. The molecule has 1 aliphatic heterocycles. The van der Waals surface area contributed by atoms with Gasteiger partial charge < -0.3 is 35.0 Å². The lowest BCUT2D eigenvalue weighted by molar-refractivity contribution is -0.312. The van der Waals surface area contributed by atoms with E-state index in [-0.39, 0.29) is 11.5 Å². The van der Waals surface area contributed by atoms with E-state index in [0.717, 1.165) is 38.5 Å². The van der Waals surface area contributed by atoms with Crippen molar-refractivity contribution in [1.29, 1.82) is 0 Å². The summed E-state index contributed by atoms with van der Waals surface area (Å²) in [5.74, 6) is 0.312. The number of ether oxygens (including phenoxy) is 2. The molecule has 5 rings (SSSR count). The minimum atomic E-state index is -1.72. The Hall–Kier alpha value is -1.71. The molecule has 1 unspecified atom stereocenters. The minimum Gasteiger partial charge on any atom is -0.508 e. The molecule has 1 heterocycles. The van der Waals surface area contributed by atoms with Gasteiger partial charge in [-0.3, -0.25) is 0 Å². The highest BCUT2D eigenvalue weighted by atomic mass is 16.7. The molecule has 1 aromatic carbocycles. The van der Waals surface area contributed by atoms with Crippen molar-refractivity contribution >= 4 is 5.97 Å². The zero-order valence-corrected chi connectivity index (χ0v) is 18.1. The highest BCUT2D eigenvalue weighted by molar-refractivity contribution is 5.73. The number of aryl methyl sites for hydroxylation is 1. The van der Waals surface area contributed by atoms with E-state index >= 15 is 0 Å². The minimum absolute atomic E-state index is 0.140. The molecule has 176 valence electrons. The van der Waals surface area contributed by atoms with Crippen LogP contribution in [0.2, 0.25) is 0 Å². The summed E-state index contributed by atoms with van der Waals surface area (Å²) < 4.78 is 11.5. The van der Waals surface area contributed by atoms with Gasteiger partial charge in [-0.15, -0.1) is 0 Å². The van der Waals surface area contributed by atoms with Crippen LogP contribution in [0.3, 0.4) is 0 Å². The number of carboxylic acids is 1. The van der Waals surface area contributed by atoms with Crippen LogP contribution < -0.4 is 0 Å². The summed E-state index contributed by atoms with van der Waals surface area (Å²) in [5.41, 5.74) is 2.45. The van der Waals surface area contributed by atoms with Gasteiger partial charge in [0.05, 0.1) is 6.10 Å². The number of carboxylic acid groups (broad SMARTS) is 1. The van der Waals surface area contributed by atoms with Crippen molar-refractivity contribution < 1.29 is 39.8 Å². The molecule has 2 saturated carbocycles. The molecule has 5 N–H and O–H groups in total. The molecule has 4 aliphatic rings. The van der Waals surface area contributed by atoms with E-state index in [4.69, 9.17) is 9.47 Å². The molecule has 0 spiro atoms. The maximum absolute atomic E-state index is 11.4. The second-order valence-electron chi connectivity index (χ2n) is 10.3. The number of phenols is 1. The van der Waals surface area contributed by atoms with Crippen LogP contribution in [0.15, 0.2) is 18.2 Å². The van der Waals surface area contributed by atoms with Crippen LogP contribution in [0.25, 0.3) is 0 Å². The van der Waals surface area contributed by atoms with E-state index < -0.39 is 36.7 Å². The van der Waals surface area contributed by atoms with Gasteiger partial charge in [-0.1, -0.05) is 13.0 Å². The number of aliphatic hydroxyl groups excluding tert-OH is 3. The van der Waals surface area contributed by atoms with Gasteiger partial charge in [-0.2, -0.15) is 0 Å². The van der Waals surface area contributed by atoms with E-state index in [1.54, 1.807) is 6.07 Å². The zero-order chi connectivity index (χ0) is 22.8. The molecule has 8 heteroatoms. The quantitative estimate of drug-likeness (QED) is 0.470. The monoisotopic (exact) mass is 448 g/mol. The second-order valence-corrected chi connectivity index (χ2v) is 10.3. The lowest BCUT2D eigenvalue weighted by Crippen LogP contribution is -2.61. The summed E-state index contributed by atoms with van der Waals surface area (Å²) in [7, 11) is 0. The fourth-order valence-corrected chi connectivity index (χ4v) is 7.07. The molecule has 32 heavy (non-hydrogen) atoms. The molecule has 3 fully saturated rings. The van der Waals surface area contributed by atoms with Crippen molar-refractivity contribution in [2.75, 3.05) is 0 Å². The Morgan fingerprint density at radius 2 is 1.88 bits per heavy atom. The van der Waals surface area contributed by atoms with Gasteiger partial charge >= 0.3 is 5.97 Å². The molecule has 1 saturated heterocycles. The highest BCUT2D eigenvalue weighted by Crippen LogP contribution is 2.61. The van der Waals surface area contributed by atoms with E-state index in [1.165, 1.54) is 11.1 Å². The zero-order valence-electron chi connectivity index (χ0n) is 18.1. The molecule has 3 aliphatic carbocycles. The molecule has 0 bridgehead atoms. The lowest BCUT2D eigenvalue weighted by Gasteiger charge is -2.51. The number of aliphatic hydroxyl groups is 3. The number of hydrogen-bond acceptors (Lipinski definition) is 7. The largest absolute Gasteiger partial charge is 0.508 e. The maximum atomic E-state index is 11.4. The number of phenolic OH excluding ortho intramolecular Hbond substituents is 1. The van der Waals surface area contributed by atoms with E-state index in [1.807, 2.05) is 6.07 Å². The standard InChI is InChI=1S/C24H32O8/c1-24-9-8-14-13-5-3-12(25)10-11(13)2-4-15(14)16(24)6-7-17(24)31-23-20(28)18(26)19(27)21(32-23)22(29)30/h3,5,10,14-21,23,25-28H,2,4,6-9H2,1H3,(H,29,30)/t14-,15-,16+,17+,18+,19+,20-,21+,23?,24+/m1/s1. The SMILES string of the molecule is C[C@]12CC[C@@H]3c4ccc(O)cc4CC[C@H]3[C@@H]1CC[C@@H]2OC1O[C@H](C(=O)O)[C@@H](O)[C@H](O)[C@H]1O. The third kappa shape index (κ3) is 3.35. The fourth-order valence-electron chi connectivity index (χ4n) is 7.07. The normalized spacial score (nSPS) is 45.6. The van der Waals surface area contributed by atoms with Crippen LogP contribution in [-0.4, -0.2) is 68.3 Å². The predicted molar refractivity (Wildman–Crippen MR) is 112 cm³/mol. The van der Waals surface area contributed by atoms with Crippen LogP contribution in [0, 0.1) is 17.3 Å². The van der Waals surface area contributed by atoms with Crippen LogP contribution in [0.5, 0.6) is 5.75 Å². The predicted octanol–water partition coefficient (Wildman–Crippen LogP) is 1.53. The summed E-state index contributed by atoms with van der Waals surface area (Å²) in [6, 6.07) is 5.73. The second kappa shape index (κ2) is 7.95. The van der Waals surface area contributed by atoms with Gasteiger partial charge in [-0.05, 0) is 85.0 Å². The van der Waals surface area contributed by atoms with Gasteiger partial charge in [0, 0.05) is 0 Å². The van der Waals surface area contributed by atoms with E-state index in [0.29, 0.717) is 23.5 Å². The lowest BCUT2D eigenvalue weighted by atomic mass is 9.55. The Labute approximate surface area is 186 Å². The Bertz CT molecular complexity index is 889. The van der Waals surface area contributed by atoms with Gasteiger partial charge in [0.15, 0.2) is 12.4 Å². The molecule has 8 nitrogen and oxygen atoms in total. The summed E-state index contributed by atoms with van der Waals surface area (Å²) in [6.07, 6.45) is -2.38. The summed E-state index contributed by atoms with van der Waals surface area (Å²) in [4.78, 5) is 11.4. The average Bonchev–Trinajstić information content (AvgIpc) is 3.09. The topological polar surface area (TPSA) is 137 Å². The van der Waals surface area contributed by atoms with E-state index in [2.05, 4.69) is 13.0 Å². The fraction of sp³-hybridized carbons (Fsp3) is 0.708. The van der Waals surface area contributed by atoms with Crippen LogP contribution in [0.1, 0.15) is 56.1 Å². The first kappa shape index (κ1) is 22.1. The average molecular weight is 449 g/mol. The molecule has 0 amide bonds. The number of rotatable bonds is 3. The van der Waals surface area contributed by atoms with Crippen LogP contribution in [-0.2, 0) is 20.7 Å². The highest BCUT2D eigenvalue weighted by Gasteiger charge is 2.57. The van der Waals surface area contributed by atoms with Gasteiger partial charge in [0.25, 0.3) is 0 Å². The Balaban J connectivity index is 1.34. The smallest absolute Gasteiger partial charge is 0.335 e. The molecule has 10 atom stereocenters. The van der Waals surface area contributed by atoms with Gasteiger partial charge in [0.2, 0.25) is 0 Å². The molecule has 0 aromatic heterocycles. The first-order chi connectivity index (χ1) is 15.2. The van der Waals surface area contributed by atoms with Gasteiger partial charge in [0.1, 0.15) is 24.1 Å². The third-order valence-electron chi connectivity index (χ3n) is 8.73. The third-order valence-corrected chi connectivity index (χ3v) is 8.73. The van der Waals surface area contributed by atoms with Crippen molar-refractivity contribution in [2.45, 2.75) is 88.2 Å². The van der Waals surface area contributed by atoms with E-state index in [9.17, 15) is 30.3 Å². The molecular weight excluding hydrogens is 416 g/mol.